The summed E-state index contributed by atoms with van der Waals surface area (Å²) in [5.41, 5.74) is 6.90. The van der Waals surface area contributed by atoms with E-state index in [4.69, 9.17) is 5.73 Å². The molecule has 0 aliphatic carbocycles. The number of rotatable bonds is 3. The lowest BCUT2D eigenvalue weighted by Gasteiger charge is -2.30. The molecule has 0 spiro atoms. The zero-order valence-electron chi connectivity index (χ0n) is 9.83. The zero-order chi connectivity index (χ0) is 11.6. The quantitative estimate of drug-likeness (QED) is 0.863. The molecule has 0 radical (unpaired) electrons. The Kier molecular flexibility index (Phi) is 5.39. The van der Waals surface area contributed by atoms with Gasteiger partial charge in [-0.3, -0.25) is 0 Å². The fourth-order valence-corrected chi connectivity index (χ4v) is 1.48. The Morgan fingerprint density at radius 2 is 2.00 bits per heavy atom. The van der Waals surface area contributed by atoms with E-state index in [2.05, 4.69) is 0 Å². The van der Waals surface area contributed by atoms with Crippen molar-refractivity contribution in [3.05, 3.63) is 35.1 Å². The molecule has 0 fully saturated rings. The monoisotopic (exact) mass is 247 g/mol. The van der Waals surface area contributed by atoms with E-state index in [1.807, 2.05) is 13.8 Å². The van der Waals surface area contributed by atoms with Gasteiger partial charge in [0.15, 0.2) is 0 Å². The van der Waals surface area contributed by atoms with Gasteiger partial charge in [-0.2, -0.15) is 0 Å². The van der Waals surface area contributed by atoms with Crippen molar-refractivity contribution in [1.82, 2.24) is 0 Å². The molecule has 0 aromatic heterocycles. The Morgan fingerprint density at radius 3 is 2.50 bits per heavy atom. The van der Waals surface area contributed by atoms with Gasteiger partial charge in [0.2, 0.25) is 0 Å². The van der Waals surface area contributed by atoms with E-state index < -0.39 is 5.41 Å². The molecule has 0 bridgehead atoms. The molecule has 0 heterocycles. The summed E-state index contributed by atoms with van der Waals surface area (Å²) in [5.74, 6) is -0.253. The SMILES string of the molecule is Cc1c(F)cccc1[C@H](N)C(C)(C)CO.Cl. The van der Waals surface area contributed by atoms with E-state index in [9.17, 15) is 9.50 Å². The molecule has 0 unspecified atom stereocenters. The first-order valence-corrected chi connectivity index (χ1v) is 5.01. The van der Waals surface area contributed by atoms with Crippen molar-refractivity contribution in [3.8, 4) is 0 Å². The van der Waals surface area contributed by atoms with Gasteiger partial charge in [-0.1, -0.05) is 26.0 Å². The maximum Gasteiger partial charge on any atom is 0.126 e. The maximum atomic E-state index is 13.3. The Labute approximate surface area is 102 Å². The minimum Gasteiger partial charge on any atom is -0.396 e. The largest absolute Gasteiger partial charge is 0.396 e. The third-order valence-corrected chi connectivity index (χ3v) is 2.89. The number of benzene rings is 1. The molecule has 16 heavy (non-hydrogen) atoms. The van der Waals surface area contributed by atoms with E-state index >= 15 is 0 Å². The third kappa shape index (κ3) is 2.94. The fraction of sp³-hybridized carbons (Fsp3) is 0.500. The van der Waals surface area contributed by atoms with Gasteiger partial charge in [0.25, 0.3) is 0 Å². The molecular formula is C12H19ClFNO. The van der Waals surface area contributed by atoms with Crippen LogP contribution < -0.4 is 5.73 Å². The van der Waals surface area contributed by atoms with Gasteiger partial charge in [0.1, 0.15) is 5.82 Å². The molecule has 0 aliphatic heterocycles. The van der Waals surface area contributed by atoms with E-state index in [1.165, 1.54) is 6.07 Å². The first-order valence-electron chi connectivity index (χ1n) is 5.01. The van der Waals surface area contributed by atoms with Crippen LogP contribution in [0.4, 0.5) is 4.39 Å². The molecule has 1 aromatic carbocycles. The van der Waals surface area contributed by atoms with Crippen LogP contribution in [-0.4, -0.2) is 11.7 Å². The summed E-state index contributed by atoms with van der Waals surface area (Å²) < 4.78 is 13.3. The van der Waals surface area contributed by atoms with E-state index in [0.717, 1.165) is 5.56 Å². The summed E-state index contributed by atoms with van der Waals surface area (Å²) in [7, 11) is 0. The minimum atomic E-state index is -0.446. The number of aliphatic hydroxyl groups is 1. The first kappa shape index (κ1) is 15.4. The van der Waals surface area contributed by atoms with E-state index in [0.29, 0.717) is 5.56 Å². The summed E-state index contributed by atoms with van der Waals surface area (Å²) >= 11 is 0. The van der Waals surface area contributed by atoms with Crippen LogP contribution in [-0.2, 0) is 0 Å². The van der Waals surface area contributed by atoms with Crippen LogP contribution in [0.25, 0.3) is 0 Å². The van der Waals surface area contributed by atoms with Crippen LogP contribution in [0.1, 0.15) is 31.0 Å². The average molecular weight is 248 g/mol. The van der Waals surface area contributed by atoms with Gasteiger partial charge in [-0.25, -0.2) is 4.39 Å². The van der Waals surface area contributed by atoms with Crippen LogP contribution in [0, 0.1) is 18.2 Å². The van der Waals surface area contributed by atoms with Crippen molar-refractivity contribution in [2.45, 2.75) is 26.8 Å². The lowest BCUT2D eigenvalue weighted by atomic mass is 9.80. The molecule has 4 heteroatoms. The highest BCUT2D eigenvalue weighted by molar-refractivity contribution is 5.85. The Balaban J connectivity index is 0.00000225. The first-order chi connectivity index (χ1) is 6.90. The van der Waals surface area contributed by atoms with Gasteiger partial charge < -0.3 is 10.8 Å². The molecule has 1 atom stereocenters. The van der Waals surface area contributed by atoms with Crippen molar-refractivity contribution >= 4 is 12.4 Å². The number of hydrogen-bond donors (Lipinski definition) is 2. The molecule has 1 rings (SSSR count). The highest BCUT2D eigenvalue weighted by atomic mass is 35.5. The summed E-state index contributed by atoms with van der Waals surface area (Å²) in [6.07, 6.45) is 0. The number of nitrogens with two attached hydrogens (primary N) is 1. The van der Waals surface area contributed by atoms with E-state index in [-0.39, 0.29) is 30.9 Å². The molecule has 1 aromatic rings. The molecule has 2 nitrogen and oxygen atoms in total. The predicted molar refractivity (Wildman–Crippen MR) is 66.2 cm³/mol. The van der Waals surface area contributed by atoms with Gasteiger partial charge in [0, 0.05) is 18.1 Å². The number of aliphatic hydroxyl groups excluding tert-OH is 1. The zero-order valence-corrected chi connectivity index (χ0v) is 10.6. The molecule has 0 saturated heterocycles. The molecule has 0 saturated carbocycles. The normalized spacial score (nSPS) is 13.1. The second-order valence-electron chi connectivity index (χ2n) is 4.58. The van der Waals surface area contributed by atoms with Crippen LogP contribution >= 0.6 is 12.4 Å². The van der Waals surface area contributed by atoms with Crippen LogP contribution in [0.15, 0.2) is 18.2 Å². The van der Waals surface area contributed by atoms with Crippen LogP contribution in [0.3, 0.4) is 0 Å². The molecule has 3 N–H and O–H groups in total. The van der Waals surface area contributed by atoms with Crippen LogP contribution in [0.5, 0.6) is 0 Å². The van der Waals surface area contributed by atoms with E-state index in [1.54, 1.807) is 19.1 Å². The van der Waals surface area contributed by atoms with Gasteiger partial charge in [-0.15, -0.1) is 12.4 Å². The lowest BCUT2D eigenvalue weighted by Crippen LogP contribution is -2.33. The fourth-order valence-electron chi connectivity index (χ4n) is 1.48. The smallest absolute Gasteiger partial charge is 0.126 e. The third-order valence-electron chi connectivity index (χ3n) is 2.89. The summed E-state index contributed by atoms with van der Waals surface area (Å²) in [6.45, 7) is 5.41. The molecule has 92 valence electrons. The Hall–Kier alpha value is -0.640. The minimum absolute atomic E-state index is 0. The summed E-state index contributed by atoms with van der Waals surface area (Å²) in [5, 5.41) is 9.21. The number of hydrogen-bond acceptors (Lipinski definition) is 2. The highest BCUT2D eigenvalue weighted by Crippen LogP contribution is 2.32. The van der Waals surface area contributed by atoms with Crippen molar-refractivity contribution < 1.29 is 9.50 Å². The maximum absolute atomic E-state index is 13.3. The Morgan fingerprint density at radius 1 is 1.44 bits per heavy atom. The van der Waals surface area contributed by atoms with Gasteiger partial charge in [0.05, 0.1) is 0 Å². The van der Waals surface area contributed by atoms with Crippen LogP contribution in [0.2, 0.25) is 0 Å². The standard InChI is InChI=1S/C12H18FNO.ClH/c1-8-9(5-4-6-10(8)13)11(14)12(2,3)7-15;/h4-6,11,15H,7,14H2,1-3H3;1H/t11-;/m0./s1. The van der Waals surface area contributed by atoms with Gasteiger partial charge >= 0.3 is 0 Å². The van der Waals surface area contributed by atoms with Crippen molar-refractivity contribution in [2.24, 2.45) is 11.1 Å². The second kappa shape index (κ2) is 5.62. The summed E-state index contributed by atoms with van der Waals surface area (Å²) in [4.78, 5) is 0. The highest BCUT2D eigenvalue weighted by Gasteiger charge is 2.28. The number of halogens is 2. The molecular weight excluding hydrogens is 229 g/mol. The molecule has 0 amide bonds. The van der Waals surface area contributed by atoms with Crippen molar-refractivity contribution in [3.63, 3.8) is 0 Å². The average Bonchev–Trinajstić information content (AvgIpc) is 2.21. The lowest BCUT2D eigenvalue weighted by molar-refractivity contribution is 0.132. The second-order valence-corrected chi connectivity index (χ2v) is 4.58. The summed E-state index contributed by atoms with van der Waals surface area (Å²) in [6, 6.07) is 4.50. The topological polar surface area (TPSA) is 46.2 Å². The van der Waals surface area contributed by atoms with Crippen molar-refractivity contribution in [1.29, 1.82) is 0 Å². The molecule has 0 aliphatic rings. The predicted octanol–water partition coefficient (Wildman–Crippen LogP) is 2.57. The van der Waals surface area contributed by atoms with Gasteiger partial charge in [-0.05, 0) is 24.1 Å². The Bertz CT molecular complexity index is 355. The van der Waals surface area contributed by atoms with Crippen molar-refractivity contribution in [2.75, 3.05) is 6.61 Å².